The van der Waals surface area contributed by atoms with E-state index >= 15 is 0 Å². The fraction of sp³-hybridized carbons (Fsp3) is 1.00. The van der Waals surface area contributed by atoms with Crippen LogP contribution in [0, 0.1) is 0 Å². The Balaban J connectivity index is 0. The molecule has 0 aromatic carbocycles. The molecule has 0 saturated carbocycles. The van der Waals surface area contributed by atoms with E-state index in [4.69, 9.17) is 10.8 Å². The van der Waals surface area contributed by atoms with Crippen LogP contribution >= 0.6 is 21.6 Å². The van der Waals surface area contributed by atoms with Gasteiger partial charge in [-0.3, -0.25) is 0 Å². The largest absolute Gasteiger partial charge is 0.380 e. The number of nitrogens with one attached hydrogen (secondary N) is 1. The molecule has 0 amide bonds. The molecule has 5 heteroatoms. The molecule has 1 atom stereocenters. The van der Waals surface area contributed by atoms with Gasteiger partial charge in [0.1, 0.15) is 5.44 Å². The molecule has 0 rings (SSSR count). The average molecular weight is 311 g/mol. The lowest BCUT2D eigenvalue weighted by Gasteiger charge is -2.00. The van der Waals surface area contributed by atoms with Crippen molar-refractivity contribution in [1.82, 2.24) is 5.32 Å². The van der Waals surface area contributed by atoms with E-state index in [1.807, 2.05) is 13.3 Å². The fourth-order valence-electron chi connectivity index (χ4n) is 1.59. The molecule has 0 saturated heterocycles. The highest BCUT2D eigenvalue weighted by atomic mass is 33.1. The molecular formula is C14H34N2OS2. The Bertz CT molecular complexity index is 141. The van der Waals surface area contributed by atoms with Crippen LogP contribution in [0.25, 0.3) is 0 Å². The molecule has 0 aliphatic rings. The van der Waals surface area contributed by atoms with Crippen molar-refractivity contribution in [1.29, 1.82) is 0 Å². The zero-order valence-electron chi connectivity index (χ0n) is 13.0. The second kappa shape index (κ2) is 20.9. The summed E-state index contributed by atoms with van der Waals surface area (Å²) in [5.41, 5.74) is 4.68. The van der Waals surface area contributed by atoms with Crippen molar-refractivity contribution in [3.63, 3.8) is 0 Å². The Morgan fingerprint density at radius 2 is 1.58 bits per heavy atom. The number of aliphatic hydroxyl groups excluding tert-OH is 1. The molecule has 1 unspecified atom stereocenters. The number of hydrogen-bond acceptors (Lipinski definition) is 5. The first-order chi connectivity index (χ1) is 9.22. The van der Waals surface area contributed by atoms with Gasteiger partial charge in [0.15, 0.2) is 0 Å². The zero-order valence-corrected chi connectivity index (χ0v) is 14.6. The first kappa shape index (κ1) is 21.9. The Kier molecular flexibility index (Phi) is 24.0. The van der Waals surface area contributed by atoms with E-state index < -0.39 is 5.44 Å². The molecule has 0 aromatic heterocycles. The minimum atomic E-state index is -0.394. The Hall–Kier alpha value is 0.580. The van der Waals surface area contributed by atoms with Crippen molar-refractivity contribution < 1.29 is 5.11 Å². The van der Waals surface area contributed by atoms with E-state index in [0.717, 1.165) is 0 Å². The molecule has 0 spiro atoms. The molecule has 0 aromatic rings. The van der Waals surface area contributed by atoms with Gasteiger partial charge in [-0.25, -0.2) is 0 Å². The first-order valence-corrected chi connectivity index (χ1v) is 10.1. The summed E-state index contributed by atoms with van der Waals surface area (Å²) in [6, 6.07) is 0. The summed E-state index contributed by atoms with van der Waals surface area (Å²) in [4.78, 5) is 0. The maximum atomic E-state index is 8.68. The third-order valence-electron chi connectivity index (χ3n) is 2.69. The standard InChI is InChI=1S/C11H25N.C3H9NOS2/c1-3-4-5-6-7-8-9-10-11-12-2;1-6-7-3(5)2-4/h12H,3-11H2,1-2H3;3,5H,2,4H2,1H3. The van der Waals surface area contributed by atoms with Gasteiger partial charge < -0.3 is 16.2 Å². The highest BCUT2D eigenvalue weighted by Gasteiger charge is 1.96. The number of rotatable bonds is 12. The van der Waals surface area contributed by atoms with Gasteiger partial charge >= 0.3 is 0 Å². The van der Waals surface area contributed by atoms with Gasteiger partial charge in [0.2, 0.25) is 0 Å². The van der Waals surface area contributed by atoms with Crippen LogP contribution in [0.3, 0.4) is 0 Å². The van der Waals surface area contributed by atoms with Crippen LogP contribution in [0.15, 0.2) is 0 Å². The molecule has 0 aliphatic heterocycles. The molecule has 19 heavy (non-hydrogen) atoms. The summed E-state index contributed by atoms with van der Waals surface area (Å²) in [6.45, 7) is 3.80. The van der Waals surface area contributed by atoms with Gasteiger partial charge in [0.25, 0.3) is 0 Å². The monoisotopic (exact) mass is 310 g/mol. The van der Waals surface area contributed by atoms with Crippen LogP contribution in [0.1, 0.15) is 58.3 Å². The molecule has 0 radical (unpaired) electrons. The van der Waals surface area contributed by atoms with Gasteiger partial charge in [0, 0.05) is 6.54 Å². The van der Waals surface area contributed by atoms with Gasteiger partial charge in [0.05, 0.1) is 0 Å². The lowest BCUT2D eigenvalue weighted by atomic mass is 10.1. The molecule has 0 fully saturated rings. The normalized spacial score (nSPS) is 11.8. The maximum absolute atomic E-state index is 8.68. The summed E-state index contributed by atoms with van der Waals surface area (Å²) in [6.07, 6.45) is 13.2. The van der Waals surface area contributed by atoms with Gasteiger partial charge in [-0.05, 0) is 26.3 Å². The minimum absolute atomic E-state index is 0.339. The van der Waals surface area contributed by atoms with E-state index in [1.165, 1.54) is 79.5 Å². The number of unbranched alkanes of at least 4 members (excludes halogenated alkanes) is 7. The lowest BCUT2D eigenvalue weighted by Crippen LogP contribution is -2.14. The van der Waals surface area contributed by atoms with Crippen molar-refractivity contribution in [2.75, 3.05) is 26.4 Å². The third kappa shape index (κ3) is 24.0. The van der Waals surface area contributed by atoms with Gasteiger partial charge in [-0.2, -0.15) is 0 Å². The topological polar surface area (TPSA) is 58.3 Å². The highest BCUT2D eigenvalue weighted by molar-refractivity contribution is 8.76. The average Bonchev–Trinajstić information content (AvgIpc) is 2.43. The Labute approximate surface area is 128 Å². The Morgan fingerprint density at radius 1 is 1.05 bits per heavy atom. The van der Waals surface area contributed by atoms with Gasteiger partial charge in [-0.1, -0.05) is 73.5 Å². The van der Waals surface area contributed by atoms with Gasteiger partial charge in [-0.15, -0.1) is 0 Å². The maximum Gasteiger partial charge on any atom is 0.121 e. The van der Waals surface area contributed by atoms with E-state index in [9.17, 15) is 0 Å². The fourth-order valence-corrected chi connectivity index (χ4v) is 2.79. The number of nitrogens with two attached hydrogens (primary N) is 1. The van der Waals surface area contributed by atoms with Crippen molar-refractivity contribution >= 4 is 21.6 Å². The summed E-state index contributed by atoms with van der Waals surface area (Å²) >= 11 is 0. The van der Waals surface area contributed by atoms with Crippen molar-refractivity contribution in [2.24, 2.45) is 5.73 Å². The molecule has 0 aliphatic carbocycles. The van der Waals surface area contributed by atoms with Crippen molar-refractivity contribution in [3.8, 4) is 0 Å². The van der Waals surface area contributed by atoms with E-state index in [2.05, 4.69) is 12.2 Å². The molecule has 0 heterocycles. The van der Waals surface area contributed by atoms with E-state index in [1.54, 1.807) is 0 Å². The summed E-state index contributed by atoms with van der Waals surface area (Å²) in [5.74, 6) is 0. The zero-order chi connectivity index (χ0) is 14.8. The number of aliphatic hydroxyl groups is 1. The second-order valence-electron chi connectivity index (χ2n) is 4.53. The first-order valence-electron chi connectivity index (χ1n) is 7.45. The molecule has 118 valence electrons. The van der Waals surface area contributed by atoms with E-state index in [0.29, 0.717) is 6.54 Å². The predicted octanol–water partition coefficient (Wildman–Crippen LogP) is 3.62. The third-order valence-corrected chi connectivity index (χ3v) is 4.54. The summed E-state index contributed by atoms with van der Waals surface area (Å²) in [7, 11) is 4.93. The van der Waals surface area contributed by atoms with Crippen LogP contribution in [0.2, 0.25) is 0 Å². The quantitative estimate of drug-likeness (QED) is 0.292. The molecule has 0 bridgehead atoms. The molecule has 4 N–H and O–H groups in total. The molecular weight excluding hydrogens is 276 g/mol. The Morgan fingerprint density at radius 3 is 1.95 bits per heavy atom. The SMILES string of the molecule is CCCCCCCCCCNC.CSSC(O)CN. The second-order valence-corrected chi connectivity index (χ2v) is 7.18. The van der Waals surface area contributed by atoms with Crippen LogP contribution in [-0.4, -0.2) is 36.9 Å². The minimum Gasteiger partial charge on any atom is -0.380 e. The van der Waals surface area contributed by atoms with Crippen molar-refractivity contribution in [2.45, 2.75) is 63.7 Å². The van der Waals surface area contributed by atoms with Crippen molar-refractivity contribution in [3.05, 3.63) is 0 Å². The summed E-state index contributed by atoms with van der Waals surface area (Å²) in [5, 5.41) is 11.9. The highest BCUT2D eigenvalue weighted by Crippen LogP contribution is 2.20. The summed E-state index contributed by atoms with van der Waals surface area (Å²) < 4.78 is 0. The van der Waals surface area contributed by atoms with Crippen LogP contribution in [0.5, 0.6) is 0 Å². The van der Waals surface area contributed by atoms with Crippen LogP contribution in [0.4, 0.5) is 0 Å². The lowest BCUT2D eigenvalue weighted by molar-refractivity contribution is 0.273. The smallest absolute Gasteiger partial charge is 0.121 e. The predicted molar refractivity (Wildman–Crippen MR) is 92.7 cm³/mol. The van der Waals surface area contributed by atoms with E-state index in [-0.39, 0.29) is 0 Å². The van der Waals surface area contributed by atoms with Crippen LogP contribution in [-0.2, 0) is 0 Å². The molecule has 3 nitrogen and oxygen atoms in total. The number of hydrogen-bond donors (Lipinski definition) is 3. The van der Waals surface area contributed by atoms with Crippen LogP contribution < -0.4 is 11.1 Å².